The van der Waals surface area contributed by atoms with Crippen LogP contribution in [0.4, 0.5) is 0 Å². The van der Waals surface area contributed by atoms with Crippen LogP contribution < -0.4 is 0 Å². The first-order chi connectivity index (χ1) is 8.25. The van der Waals surface area contributed by atoms with Gasteiger partial charge in [0.1, 0.15) is 0 Å². The molecule has 3 aliphatic carbocycles. The Morgan fingerprint density at radius 3 is 2.39 bits per heavy atom. The summed E-state index contributed by atoms with van der Waals surface area (Å²) in [6, 6.07) is 6.42. The smallest absolute Gasteiger partial charge is 0.212 e. The lowest BCUT2D eigenvalue weighted by Gasteiger charge is -2.71. The summed E-state index contributed by atoms with van der Waals surface area (Å²) in [5, 5.41) is 0. The van der Waals surface area contributed by atoms with Crippen LogP contribution in [0.15, 0.2) is 18.2 Å². The van der Waals surface area contributed by atoms with Gasteiger partial charge in [-0.15, -0.1) is 0 Å². The van der Waals surface area contributed by atoms with E-state index in [0.29, 0.717) is 0 Å². The quantitative estimate of drug-likeness (QED) is 0.798. The van der Waals surface area contributed by atoms with E-state index in [1.54, 1.807) is 0 Å². The lowest BCUT2D eigenvalue weighted by atomic mass is 9.34. The highest BCUT2D eigenvalue weighted by Crippen LogP contribution is 2.74. The number of rotatable bonds is 3. The van der Waals surface area contributed by atoms with E-state index < -0.39 is 9.05 Å². The van der Waals surface area contributed by atoms with E-state index in [1.165, 1.54) is 16.7 Å². The van der Waals surface area contributed by atoms with Gasteiger partial charge in [-0.1, -0.05) is 18.2 Å². The number of benzene rings is 1. The Bertz CT molecular complexity index is 599. The van der Waals surface area contributed by atoms with E-state index in [1.807, 2.05) is 0 Å². The average molecular weight is 285 g/mol. The number of hydrogen-bond acceptors (Lipinski definition) is 2. The van der Waals surface area contributed by atoms with Gasteiger partial charge in [-0.3, -0.25) is 0 Å². The van der Waals surface area contributed by atoms with Crippen LogP contribution in [0, 0.1) is 19.3 Å². The molecule has 1 aromatic carbocycles. The highest BCUT2D eigenvalue weighted by Gasteiger charge is 2.69. The monoisotopic (exact) mass is 284 g/mol. The van der Waals surface area contributed by atoms with E-state index >= 15 is 0 Å². The first-order valence-corrected chi connectivity index (χ1v) is 8.72. The van der Waals surface area contributed by atoms with Gasteiger partial charge in [0.25, 0.3) is 0 Å². The van der Waals surface area contributed by atoms with Crippen LogP contribution in [-0.4, -0.2) is 14.2 Å². The molecule has 0 saturated heterocycles. The molecule has 2 bridgehead atoms. The van der Waals surface area contributed by atoms with E-state index in [-0.39, 0.29) is 16.6 Å². The Morgan fingerprint density at radius 1 is 1.22 bits per heavy atom. The fourth-order valence-electron chi connectivity index (χ4n) is 4.13. The molecule has 0 aliphatic heterocycles. The van der Waals surface area contributed by atoms with Gasteiger partial charge in [-0.05, 0) is 60.6 Å². The summed E-state index contributed by atoms with van der Waals surface area (Å²) in [5.74, 6) is 0.147. The first-order valence-electron chi connectivity index (χ1n) is 6.25. The maximum absolute atomic E-state index is 11.2. The second-order valence-electron chi connectivity index (χ2n) is 6.24. The van der Waals surface area contributed by atoms with Crippen molar-refractivity contribution in [2.75, 3.05) is 5.75 Å². The third-order valence-electron chi connectivity index (χ3n) is 4.79. The third kappa shape index (κ3) is 1.71. The molecule has 3 fully saturated rings. The number of halogens is 1. The molecule has 0 spiro atoms. The SMILES string of the molecule is Cc1cccc(C23CC(CS(=O)(=O)Cl)(C2)C3)c1C. The number of aryl methyl sites for hydroxylation is 1. The third-order valence-corrected chi connectivity index (χ3v) is 6.08. The van der Waals surface area contributed by atoms with Crippen molar-refractivity contribution in [1.29, 1.82) is 0 Å². The van der Waals surface area contributed by atoms with Gasteiger partial charge >= 0.3 is 0 Å². The molecule has 4 heteroatoms. The van der Waals surface area contributed by atoms with Crippen LogP contribution >= 0.6 is 10.7 Å². The molecule has 18 heavy (non-hydrogen) atoms. The van der Waals surface area contributed by atoms with Crippen molar-refractivity contribution in [3.63, 3.8) is 0 Å². The minimum atomic E-state index is -3.36. The Balaban J connectivity index is 1.82. The van der Waals surface area contributed by atoms with Crippen LogP contribution in [0.2, 0.25) is 0 Å². The van der Waals surface area contributed by atoms with Crippen molar-refractivity contribution in [2.24, 2.45) is 5.41 Å². The molecule has 2 nitrogen and oxygen atoms in total. The van der Waals surface area contributed by atoms with E-state index in [2.05, 4.69) is 32.0 Å². The van der Waals surface area contributed by atoms with Crippen LogP contribution in [0.1, 0.15) is 36.0 Å². The second-order valence-corrected chi connectivity index (χ2v) is 9.02. The lowest BCUT2D eigenvalue weighted by Crippen LogP contribution is -2.66. The van der Waals surface area contributed by atoms with Crippen LogP contribution in [0.25, 0.3) is 0 Å². The molecule has 4 rings (SSSR count). The zero-order valence-corrected chi connectivity index (χ0v) is 12.2. The highest BCUT2D eigenvalue weighted by molar-refractivity contribution is 8.13. The van der Waals surface area contributed by atoms with Gasteiger partial charge in [0.2, 0.25) is 9.05 Å². The molecule has 0 radical (unpaired) electrons. The predicted molar refractivity (Wildman–Crippen MR) is 73.5 cm³/mol. The molecule has 3 aliphatic rings. The van der Waals surface area contributed by atoms with Crippen LogP contribution in [0.5, 0.6) is 0 Å². The topological polar surface area (TPSA) is 34.1 Å². The second kappa shape index (κ2) is 3.51. The van der Waals surface area contributed by atoms with Crippen molar-refractivity contribution < 1.29 is 8.42 Å². The van der Waals surface area contributed by atoms with Crippen molar-refractivity contribution in [3.05, 3.63) is 34.9 Å². The summed E-state index contributed by atoms with van der Waals surface area (Å²) in [4.78, 5) is 0. The van der Waals surface area contributed by atoms with Crippen molar-refractivity contribution in [1.82, 2.24) is 0 Å². The minimum absolute atomic E-state index is 0.0171. The fourth-order valence-corrected chi connectivity index (χ4v) is 5.86. The van der Waals surface area contributed by atoms with Crippen LogP contribution in [0.3, 0.4) is 0 Å². The summed E-state index contributed by atoms with van der Waals surface area (Å²) in [7, 11) is 2.02. The average Bonchev–Trinajstić information content (AvgIpc) is 2.13. The zero-order valence-electron chi connectivity index (χ0n) is 10.7. The largest absolute Gasteiger partial charge is 0.233 e. The van der Waals surface area contributed by atoms with Crippen molar-refractivity contribution >= 4 is 19.7 Å². The van der Waals surface area contributed by atoms with E-state index in [4.69, 9.17) is 10.7 Å². The standard InChI is InChI=1S/C14H17ClO2S/c1-10-4-3-5-12(11(10)2)14-6-13(7-14,8-14)9-18(15,16)17/h3-5H,6-9H2,1-2H3. The van der Waals surface area contributed by atoms with Crippen molar-refractivity contribution in [3.8, 4) is 0 Å². The van der Waals surface area contributed by atoms with E-state index in [0.717, 1.165) is 19.3 Å². The zero-order chi connectivity index (χ0) is 13.2. The molecule has 98 valence electrons. The Morgan fingerprint density at radius 2 is 1.83 bits per heavy atom. The van der Waals surface area contributed by atoms with Gasteiger partial charge < -0.3 is 0 Å². The van der Waals surface area contributed by atoms with Gasteiger partial charge in [0.15, 0.2) is 0 Å². The molecule has 0 N–H and O–H groups in total. The maximum atomic E-state index is 11.2. The number of hydrogen-bond donors (Lipinski definition) is 0. The summed E-state index contributed by atoms with van der Waals surface area (Å²) < 4.78 is 22.4. The normalized spacial score (nSPS) is 33.7. The van der Waals surface area contributed by atoms with Gasteiger partial charge in [0.05, 0.1) is 5.75 Å². The molecule has 0 heterocycles. The molecule has 1 aromatic rings. The van der Waals surface area contributed by atoms with E-state index in [9.17, 15) is 8.42 Å². The summed E-state index contributed by atoms with van der Waals surface area (Å²) in [5.41, 5.74) is 4.32. The van der Waals surface area contributed by atoms with Crippen molar-refractivity contribution in [2.45, 2.75) is 38.5 Å². The lowest BCUT2D eigenvalue weighted by molar-refractivity contribution is -0.122. The molecule has 0 aromatic heterocycles. The van der Waals surface area contributed by atoms with Gasteiger partial charge in [-0.25, -0.2) is 8.42 Å². The molecule has 0 unspecified atom stereocenters. The minimum Gasteiger partial charge on any atom is -0.212 e. The molecule has 0 amide bonds. The molecular weight excluding hydrogens is 268 g/mol. The van der Waals surface area contributed by atoms with Gasteiger partial charge in [-0.2, -0.15) is 0 Å². The fraction of sp³-hybridized carbons (Fsp3) is 0.571. The van der Waals surface area contributed by atoms with Crippen LogP contribution in [-0.2, 0) is 14.5 Å². The Labute approximate surface area is 113 Å². The Hall–Kier alpha value is -0.540. The summed E-state index contributed by atoms with van der Waals surface area (Å²) in [6.45, 7) is 4.29. The summed E-state index contributed by atoms with van der Waals surface area (Å²) >= 11 is 0. The molecular formula is C14H17ClO2S. The summed E-state index contributed by atoms with van der Waals surface area (Å²) in [6.07, 6.45) is 2.95. The maximum Gasteiger partial charge on any atom is 0.233 e. The Kier molecular flexibility index (Phi) is 2.44. The highest BCUT2D eigenvalue weighted by atomic mass is 35.7. The first kappa shape index (κ1) is 12.5. The molecule has 0 atom stereocenters. The molecule has 3 saturated carbocycles. The van der Waals surface area contributed by atoms with Gasteiger partial charge in [0, 0.05) is 10.7 Å². The predicted octanol–water partition coefficient (Wildman–Crippen LogP) is 3.29.